The van der Waals surface area contributed by atoms with Crippen LogP contribution < -0.4 is 5.32 Å². The third-order valence-electron chi connectivity index (χ3n) is 3.38. The molecule has 1 aliphatic carbocycles. The molecule has 3 nitrogen and oxygen atoms in total. The van der Waals surface area contributed by atoms with Gasteiger partial charge in [-0.15, -0.1) is 0 Å². The van der Waals surface area contributed by atoms with Crippen LogP contribution in [0.5, 0.6) is 0 Å². The summed E-state index contributed by atoms with van der Waals surface area (Å²) in [5.74, 6) is -0.134. The molecule has 0 spiro atoms. The van der Waals surface area contributed by atoms with Crippen LogP contribution in [0.25, 0.3) is 0 Å². The molecule has 1 rings (SSSR count). The maximum atomic E-state index is 11.1. The minimum Gasteiger partial charge on any atom is -0.481 e. The van der Waals surface area contributed by atoms with Crippen molar-refractivity contribution in [1.82, 2.24) is 5.32 Å². The van der Waals surface area contributed by atoms with E-state index in [-0.39, 0.29) is 17.9 Å². The maximum Gasteiger partial charge on any atom is 0.308 e. The lowest BCUT2D eigenvalue weighted by Gasteiger charge is -2.38. The number of carbonyl (C=O) groups is 1. The Hall–Kier alpha value is -0.570. The molecule has 3 heteroatoms. The minimum absolute atomic E-state index is 0.154. The summed E-state index contributed by atoms with van der Waals surface area (Å²) in [6, 6.07) is 0.154. The van der Waals surface area contributed by atoms with Gasteiger partial charge in [0.2, 0.25) is 0 Å². The summed E-state index contributed by atoms with van der Waals surface area (Å²) < 4.78 is 0. The molecule has 2 atom stereocenters. The Bertz CT molecular complexity index is 199. The quantitative estimate of drug-likeness (QED) is 0.709. The van der Waals surface area contributed by atoms with Crippen molar-refractivity contribution < 1.29 is 9.90 Å². The van der Waals surface area contributed by atoms with Crippen molar-refractivity contribution in [2.45, 2.75) is 39.2 Å². The molecule has 0 aromatic rings. The van der Waals surface area contributed by atoms with Gasteiger partial charge in [-0.05, 0) is 31.7 Å². The summed E-state index contributed by atoms with van der Waals surface area (Å²) in [5.41, 5.74) is 0. The highest BCUT2D eigenvalue weighted by atomic mass is 16.4. The normalized spacial score (nSPS) is 21.7. The second kappa shape index (κ2) is 4.78. The Morgan fingerprint density at radius 3 is 2.21 bits per heavy atom. The van der Waals surface area contributed by atoms with Crippen LogP contribution in [0.2, 0.25) is 0 Å². The minimum atomic E-state index is -0.661. The molecule has 0 aromatic carbocycles. The fraction of sp³-hybridized carbons (Fsp3) is 0.909. The summed E-state index contributed by atoms with van der Waals surface area (Å²) in [6.45, 7) is 3.98. The van der Waals surface area contributed by atoms with Crippen molar-refractivity contribution in [2.24, 2.45) is 17.8 Å². The lowest BCUT2D eigenvalue weighted by Crippen LogP contribution is -2.48. The molecule has 0 saturated heterocycles. The highest BCUT2D eigenvalue weighted by molar-refractivity contribution is 5.71. The zero-order valence-electron chi connectivity index (χ0n) is 9.29. The molecular formula is C11H21NO2. The summed E-state index contributed by atoms with van der Waals surface area (Å²) in [7, 11) is 1.88. The van der Waals surface area contributed by atoms with Crippen LogP contribution in [0.4, 0.5) is 0 Å². The van der Waals surface area contributed by atoms with E-state index in [9.17, 15) is 9.90 Å². The summed E-state index contributed by atoms with van der Waals surface area (Å²) in [6.07, 6.45) is 3.62. The molecule has 0 aromatic heterocycles. The molecule has 14 heavy (non-hydrogen) atoms. The highest BCUT2D eigenvalue weighted by Gasteiger charge is 2.37. The predicted molar refractivity (Wildman–Crippen MR) is 56.2 cm³/mol. The number of carboxylic acid groups (broad SMARTS) is 1. The van der Waals surface area contributed by atoms with Gasteiger partial charge < -0.3 is 10.4 Å². The van der Waals surface area contributed by atoms with E-state index in [1.165, 1.54) is 19.3 Å². The van der Waals surface area contributed by atoms with Crippen molar-refractivity contribution in [3.05, 3.63) is 0 Å². The Morgan fingerprint density at radius 2 is 2.00 bits per heavy atom. The molecule has 82 valence electrons. The Kier molecular flexibility index (Phi) is 3.93. The van der Waals surface area contributed by atoms with E-state index in [1.807, 2.05) is 20.9 Å². The first-order valence-corrected chi connectivity index (χ1v) is 5.48. The molecule has 0 heterocycles. The van der Waals surface area contributed by atoms with Gasteiger partial charge in [-0.1, -0.05) is 20.3 Å². The molecule has 0 amide bonds. The first kappa shape index (κ1) is 11.5. The predicted octanol–water partition coefficient (Wildman–Crippen LogP) is 1.73. The molecule has 2 unspecified atom stereocenters. The number of nitrogens with one attached hydrogen (secondary N) is 1. The zero-order chi connectivity index (χ0) is 10.7. The number of hydrogen-bond acceptors (Lipinski definition) is 2. The van der Waals surface area contributed by atoms with Crippen molar-refractivity contribution in [1.29, 1.82) is 0 Å². The summed E-state index contributed by atoms with van der Waals surface area (Å²) >= 11 is 0. The van der Waals surface area contributed by atoms with E-state index in [1.54, 1.807) is 0 Å². The lowest BCUT2D eigenvalue weighted by molar-refractivity contribution is -0.145. The van der Waals surface area contributed by atoms with Crippen molar-refractivity contribution in [3.8, 4) is 0 Å². The summed E-state index contributed by atoms with van der Waals surface area (Å²) in [4.78, 5) is 11.1. The Morgan fingerprint density at radius 1 is 1.43 bits per heavy atom. The van der Waals surface area contributed by atoms with Crippen LogP contribution in [0, 0.1) is 17.8 Å². The first-order chi connectivity index (χ1) is 6.57. The molecule has 0 radical (unpaired) electrons. The van der Waals surface area contributed by atoms with E-state index in [0.717, 1.165) is 0 Å². The molecule has 0 aliphatic heterocycles. The van der Waals surface area contributed by atoms with Crippen LogP contribution >= 0.6 is 0 Å². The smallest absolute Gasteiger partial charge is 0.308 e. The second-order valence-electron chi connectivity index (χ2n) is 4.61. The first-order valence-electron chi connectivity index (χ1n) is 5.48. The highest BCUT2D eigenvalue weighted by Crippen LogP contribution is 2.34. The Labute approximate surface area is 85.9 Å². The van der Waals surface area contributed by atoms with Gasteiger partial charge >= 0.3 is 5.97 Å². The van der Waals surface area contributed by atoms with Crippen LogP contribution in [-0.2, 0) is 4.79 Å². The molecule has 1 fully saturated rings. The fourth-order valence-corrected chi connectivity index (χ4v) is 2.36. The second-order valence-corrected chi connectivity index (χ2v) is 4.61. The van der Waals surface area contributed by atoms with E-state index < -0.39 is 5.97 Å². The molecule has 1 saturated carbocycles. The van der Waals surface area contributed by atoms with E-state index >= 15 is 0 Å². The number of aliphatic carboxylic acids is 1. The molecule has 2 N–H and O–H groups in total. The standard InChI is InChI=1S/C11H21NO2/c1-7(2)9(11(13)14)10(12-3)8-5-4-6-8/h7-10,12H,4-6H2,1-3H3,(H,13,14). The van der Waals surface area contributed by atoms with Gasteiger partial charge in [0.15, 0.2) is 0 Å². The Balaban J connectivity index is 2.66. The van der Waals surface area contributed by atoms with Crippen LogP contribution in [0.1, 0.15) is 33.1 Å². The number of hydrogen-bond donors (Lipinski definition) is 2. The molecule has 0 bridgehead atoms. The summed E-state index contributed by atoms with van der Waals surface area (Å²) in [5, 5.41) is 12.4. The van der Waals surface area contributed by atoms with Crippen molar-refractivity contribution >= 4 is 5.97 Å². The zero-order valence-corrected chi connectivity index (χ0v) is 9.29. The van der Waals surface area contributed by atoms with Gasteiger partial charge in [0.05, 0.1) is 5.92 Å². The van der Waals surface area contributed by atoms with Crippen molar-refractivity contribution in [2.75, 3.05) is 7.05 Å². The van der Waals surface area contributed by atoms with E-state index in [4.69, 9.17) is 0 Å². The monoisotopic (exact) mass is 199 g/mol. The molecule has 1 aliphatic rings. The van der Waals surface area contributed by atoms with Gasteiger partial charge in [0.1, 0.15) is 0 Å². The average Bonchev–Trinajstić information content (AvgIpc) is 1.98. The van der Waals surface area contributed by atoms with Crippen LogP contribution in [-0.4, -0.2) is 24.2 Å². The average molecular weight is 199 g/mol. The number of rotatable bonds is 5. The fourth-order valence-electron chi connectivity index (χ4n) is 2.36. The number of carboxylic acids is 1. The van der Waals surface area contributed by atoms with Gasteiger partial charge in [-0.2, -0.15) is 0 Å². The van der Waals surface area contributed by atoms with E-state index in [2.05, 4.69) is 5.32 Å². The lowest BCUT2D eigenvalue weighted by atomic mass is 9.72. The van der Waals surface area contributed by atoms with Gasteiger partial charge in [0.25, 0.3) is 0 Å². The maximum absolute atomic E-state index is 11.1. The SMILES string of the molecule is CNC(C1CCC1)C(C(=O)O)C(C)C. The van der Waals surface area contributed by atoms with E-state index in [0.29, 0.717) is 5.92 Å². The van der Waals surface area contributed by atoms with Gasteiger partial charge in [-0.3, -0.25) is 4.79 Å². The third-order valence-corrected chi connectivity index (χ3v) is 3.38. The third kappa shape index (κ3) is 2.27. The van der Waals surface area contributed by atoms with Crippen LogP contribution in [0.15, 0.2) is 0 Å². The largest absolute Gasteiger partial charge is 0.481 e. The van der Waals surface area contributed by atoms with Gasteiger partial charge in [-0.25, -0.2) is 0 Å². The molecular weight excluding hydrogens is 178 g/mol. The van der Waals surface area contributed by atoms with Crippen LogP contribution in [0.3, 0.4) is 0 Å². The van der Waals surface area contributed by atoms with Crippen molar-refractivity contribution in [3.63, 3.8) is 0 Å². The topological polar surface area (TPSA) is 49.3 Å². The van der Waals surface area contributed by atoms with Gasteiger partial charge in [0, 0.05) is 6.04 Å².